The van der Waals surface area contributed by atoms with Crippen LogP contribution < -0.4 is 14.8 Å². The largest absolute Gasteiger partial charge is 0.586 e. The van der Waals surface area contributed by atoms with Gasteiger partial charge < -0.3 is 19.5 Å². The summed E-state index contributed by atoms with van der Waals surface area (Å²) in [7, 11) is 0. The fourth-order valence-corrected chi connectivity index (χ4v) is 1.98. The van der Waals surface area contributed by atoms with Crippen molar-refractivity contribution in [3.63, 3.8) is 0 Å². The smallest absolute Gasteiger partial charge is 0.443 e. The van der Waals surface area contributed by atoms with Gasteiger partial charge in [0.15, 0.2) is 18.1 Å². The highest BCUT2D eigenvalue weighted by atomic mass is 35.5. The van der Waals surface area contributed by atoms with Crippen LogP contribution in [0.15, 0.2) is 18.2 Å². The lowest BCUT2D eigenvalue weighted by atomic mass is 9.99. The molecule has 1 amide bonds. The Labute approximate surface area is 121 Å². The number of carbonyl (C=O) groups excluding carboxylic acids is 1. The van der Waals surface area contributed by atoms with Crippen LogP contribution in [-0.4, -0.2) is 24.9 Å². The van der Waals surface area contributed by atoms with Crippen molar-refractivity contribution in [2.45, 2.75) is 18.3 Å². The van der Waals surface area contributed by atoms with Crippen LogP contribution in [0.1, 0.15) is 11.6 Å². The van der Waals surface area contributed by atoms with Gasteiger partial charge in [0.05, 0.1) is 0 Å². The zero-order valence-electron chi connectivity index (χ0n) is 10.1. The highest BCUT2D eigenvalue weighted by Gasteiger charge is 2.48. The van der Waals surface area contributed by atoms with E-state index in [1.165, 1.54) is 0 Å². The highest BCUT2D eigenvalue weighted by molar-refractivity contribution is 5.85. The molecule has 1 aromatic rings. The number of nitrogens with one attached hydrogen (secondary N) is 1. The molecule has 0 saturated carbocycles. The molecule has 2 aliphatic rings. The standard InChI is InChI=1S/C11H7F4NO4.ClH/c12-10(13)4-18-9(17)16-8(10)5-1-2-6-7(3-5)20-11(14,15)19-6;/h1-3,8H,4H2,(H,16,17);1H/t8-;/m1./s1. The molecule has 3 rings (SSSR count). The van der Waals surface area contributed by atoms with E-state index >= 15 is 0 Å². The number of halogens is 5. The van der Waals surface area contributed by atoms with Gasteiger partial charge in [0, 0.05) is 0 Å². The van der Waals surface area contributed by atoms with Gasteiger partial charge in [-0.1, -0.05) is 6.07 Å². The summed E-state index contributed by atoms with van der Waals surface area (Å²) in [5.41, 5.74) is -0.0910. The van der Waals surface area contributed by atoms with Crippen LogP contribution in [0, 0.1) is 0 Å². The van der Waals surface area contributed by atoms with Gasteiger partial charge >= 0.3 is 18.3 Å². The Morgan fingerprint density at radius 1 is 1.14 bits per heavy atom. The van der Waals surface area contributed by atoms with Crippen molar-refractivity contribution in [3.05, 3.63) is 23.8 Å². The number of fused-ring (bicyclic) bond motifs is 1. The average molecular weight is 330 g/mol. The summed E-state index contributed by atoms with van der Waals surface area (Å²) in [6, 6.07) is 1.50. The van der Waals surface area contributed by atoms with Gasteiger partial charge in [0.2, 0.25) is 0 Å². The van der Waals surface area contributed by atoms with Crippen molar-refractivity contribution in [2.24, 2.45) is 0 Å². The molecular formula is C11H8ClF4NO4. The van der Waals surface area contributed by atoms with Crippen LogP contribution in [0.5, 0.6) is 11.5 Å². The quantitative estimate of drug-likeness (QED) is 0.805. The van der Waals surface area contributed by atoms with Gasteiger partial charge in [-0.25, -0.2) is 13.6 Å². The molecule has 0 aliphatic carbocycles. The van der Waals surface area contributed by atoms with Crippen LogP contribution in [-0.2, 0) is 4.74 Å². The van der Waals surface area contributed by atoms with Gasteiger partial charge in [-0.3, -0.25) is 0 Å². The number of rotatable bonds is 1. The first-order chi connectivity index (χ1) is 9.27. The summed E-state index contributed by atoms with van der Waals surface area (Å²) in [5.74, 6) is -4.01. The van der Waals surface area contributed by atoms with Gasteiger partial charge in [-0.2, -0.15) is 0 Å². The van der Waals surface area contributed by atoms with Crippen LogP contribution >= 0.6 is 12.4 Å². The second-order valence-electron chi connectivity index (χ2n) is 4.29. The molecule has 1 aromatic carbocycles. The lowest BCUT2D eigenvalue weighted by Gasteiger charge is -2.31. The van der Waals surface area contributed by atoms with E-state index in [9.17, 15) is 22.4 Å². The SMILES string of the molecule is Cl.O=C1N[C@H](c2ccc3c(c2)OC(F)(F)O3)C(F)(F)CO1. The van der Waals surface area contributed by atoms with Crippen LogP contribution in [0.2, 0.25) is 0 Å². The van der Waals surface area contributed by atoms with Crippen molar-refractivity contribution in [3.8, 4) is 11.5 Å². The predicted octanol–water partition coefficient (Wildman–Crippen LogP) is 2.85. The molecule has 116 valence electrons. The molecule has 1 fully saturated rings. The number of amides is 1. The van der Waals surface area contributed by atoms with E-state index in [1.807, 2.05) is 5.32 Å². The van der Waals surface area contributed by atoms with Crippen LogP contribution in [0.4, 0.5) is 22.4 Å². The minimum absolute atomic E-state index is 0. The summed E-state index contributed by atoms with van der Waals surface area (Å²) in [6.45, 7) is -1.09. The number of alkyl halides is 4. The second-order valence-corrected chi connectivity index (χ2v) is 4.29. The Hall–Kier alpha value is -1.90. The first-order valence-corrected chi connectivity index (χ1v) is 5.48. The van der Waals surface area contributed by atoms with Crippen LogP contribution in [0.25, 0.3) is 0 Å². The second kappa shape index (κ2) is 4.83. The lowest BCUT2D eigenvalue weighted by Crippen LogP contribution is -2.49. The maximum Gasteiger partial charge on any atom is 0.586 e. The first-order valence-electron chi connectivity index (χ1n) is 5.48. The molecule has 10 heteroatoms. The molecule has 1 N–H and O–H groups in total. The summed E-state index contributed by atoms with van der Waals surface area (Å²) < 4.78 is 65.6. The van der Waals surface area contributed by atoms with Crippen LogP contribution in [0.3, 0.4) is 0 Å². The molecule has 0 aromatic heterocycles. The Morgan fingerprint density at radius 2 is 1.81 bits per heavy atom. The minimum atomic E-state index is -3.83. The number of carbonyl (C=O) groups is 1. The lowest BCUT2D eigenvalue weighted by molar-refractivity contribution is -0.286. The van der Waals surface area contributed by atoms with Crippen molar-refractivity contribution in [1.82, 2.24) is 5.32 Å². The van der Waals surface area contributed by atoms with E-state index in [0.717, 1.165) is 18.2 Å². The highest BCUT2D eigenvalue weighted by Crippen LogP contribution is 2.44. The third-order valence-electron chi connectivity index (χ3n) is 2.84. The molecule has 1 saturated heterocycles. The molecule has 0 bridgehead atoms. The topological polar surface area (TPSA) is 56.8 Å². The molecule has 2 heterocycles. The Bertz CT molecular complexity index is 583. The number of benzene rings is 1. The van der Waals surface area contributed by atoms with Crippen molar-refractivity contribution < 1.29 is 36.6 Å². The average Bonchev–Trinajstić information content (AvgIpc) is 2.65. The zero-order chi connectivity index (χ0) is 14.5. The summed E-state index contributed by atoms with van der Waals surface area (Å²) in [6.07, 6.45) is -4.84. The molecule has 2 aliphatic heterocycles. The maximum atomic E-state index is 13.7. The monoisotopic (exact) mass is 329 g/mol. The number of alkyl carbamates (subject to hydrolysis) is 1. The van der Waals surface area contributed by atoms with E-state index in [2.05, 4.69) is 14.2 Å². The predicted molar refractivity (Wildman–Crippen MR) is 62.1 cm³/mol. The molecule has 0 spiro atoms. The van der Waals surface area contributed by atoms with Crippen molar-refractivity contribution in [2.75, 3.05) is 6.61 Å². The molecular weight excluding hydrogens is 322 g/mol. The van der Waals surface area contributed by atoms with Gasteiger partial charge in [-0.05, 0) is 17.7 Å². The molecule has 1 atom stereocenters. The normalized spacial score (nSPS) is 24.6. The Kier molecular flexibility index (Phi) is 3.56. The molecule has 21 heavy (non-hydrogen) atoms. The minimum Gasteiger partial charge on any atom is -0.443 e. The van der Waals surface area contributed by atoms with E-state index in [-0.39, 0.29) is 29.5 Å². The maximum absolute atomic E-state index is 13.7. The van der Waals surface area contributed by atoms with Gasteiger partial charge in [-0.15, -0.1) is 21.2 Å². The van der Waals surface area contributed by atoms with Gasteiger partial charge in [0.1, 0.15) is 6.04 Å². The summed E-state index contributed by atoms with van der Waals surface area (Å²) in [4.78, 5) is 11.0. The molecule has 0 unspecified atom stereocenters. The zero-order valence-corrected chi connectivity index (χ0v) is 10.9. The third kappa shape index (κ3) is 2.78. The fourth-order valence-electron chi connectivity index (χ4n) is 1.98. The number of hydrogen-bond acceptors (Lipinski definition) is 4. The number of cyclic esters (lactones) is 1. The molecule has 0 radical (unpaired) electrons. The molecule has 5 nitrogen and oxygen atoms in total. The van der Waals surface area contributed by atoms with Crippen molar-refractivity contribution in [1.29, 1.82) is 0 Å². The Balaban J connectivity index is 0.00000161. The number of ether oxygens (including phenoxy) is 3. The van der Waals surface area contributed by atoms with E-state index < -0.39 is 31.0 Å². The Morgan fingerprint density at radius 3 is 2.52 bits per heavy atom. The summed E-state index contributed by atoms with van der Waals surface area (Å²) in [5, 5.41) is 1.94. The summed E-state index contributed by atoms with van der Waals surface area (Å²) >= 11 is 0. The van der Waals surface area contributed by atoms with E-state index in [4.69, 9.17) is 0 Å². The van der Waals surface area contributed by atoms with Crippen molar-refractivity contribution >= 4 is 18.5 Å². The van der Waals surface area contributed by atoms with Gasteiger partial charge in [0.25, 0.3) is 0 Å². The fraction of sp³-hybridized carbons (Fsp3) is 0.364. The van der Waals surface area contributed by atoms with E-state index in [1.54, 1.807) is 0 Å². The third-order valence-corrected chi connectivity index (χ3v) is 2.84. The first kappa shape index (κ1) is 15.5. The van der Waals surface area contributed by atoms with E-state index in [0.29, 0.717) is 0 Å². The number of hydrogen-bond donors (Lipinski definition) is 1.